The largest absolute Gasteiger partial charge is 0.483 e. The zero-order valence-corrected chi connectivity index (χ0v) is 14.8. The van der Waals surface area contributed by atoms with Crippen LogP contribution < -0.4 is 15.4 Å². The molecule has 0 saturated carbocycles. The second-order valence-corrected chi connectivity index (χ2v) is 6.29. The van der Waals surface area contributed by atoms with Crippen molar-refractivity contribution in [2.24, 2.45) is 5.92 Å². The summed E-state index contributed by atoms with van der Waals surface area (Å²) in [5.74, 6) is 0.994. The van der Waals surface area contributed by atoms with Crippen LogP contribution in [0.1, 0.15) is 33.3 Å². The number of nitrogens with one attached hydrogen (secondary N) is 2. The molecule has 0 fully saturated rings. The fourth-order valence-electron chi connectivity index (χ4n) is 1.65. The molecule has 4 nitrogen and oxygen atoms in total. The molecule has 0 aliphatic carbocycles. The Morgan fingerprint density at radius 2 is 2.05 bits per heavy atom. The number of hydrogen-bond donors (Lipinski definition) is 2. The van der Waals surface area contributed by atoms with Crippen molar-refractivity contribution in [2.75, 3.05) is 13.2 Å². The second kappa shape index (κ2) is 9.05. The lowest BCUT2D eigenvalue weighted by molar-refractivity contribution is -0.124. The first-order chi connectivity index (χ1) is 9.93. The maximum Gasteiger partial charge on any atom is 0.258 e. The van der Waals surface area contributed by atoms with Crippen LogP contribution >= 0.6 is 15.9 Å². The summed E-state index contributed by atoms with van der Waals surface area (Å²) in [5, 5.41) is 6.19. The molecule has 0 saturated heterocycles. The van der Waals surface area contributed by atoms with E-state index in [9.17, 15) is 4.79 Å². The lowest BCUT2D eigenvalue weighted by atomic mass is 10.1. The summed E-state index contributed by atoms with van der Waals surface area (Å²) in [7, 11) is 0. The SMILES string of the molecule is CCNCc1ccc(OCC(=O)NC(C)C(C)C)c(Br)c1. The third-order valence-corrected chi connectivity index (χ3v) is 3.94. The number of hydrogen-bond acceptors (Lipinski definition) is 3. The smallest absolute Gasteiger partial charge is 0.258 e. The van der Waals surface area contributed by atoms with Crippen LogP contribution in [0.4, 0.5) is 0 Å². The maximum absolute atomic E-state index is 11.8. The van der Waals surface area contributed by atoms with Crippen molar-refractivity contribution >= 4 is 21.8 Å². The number of carbonyl (C=O) groups excluding carboxylic acids is 1. The van der Waals surface area contributed by atoms with E-state index in [1.807, 2.05) is 25.1 Å². The van der Waals surface area contributed by atoms with Crippen molar-refractivity contribution in [2.45, 2.75) is 40.3 Å². The predicted octanol–water partition coefficient (Wildman–Crippen LogP) is 3.10. The molecule has 118 valence electrons. The molecule has 1 aromatic carbocycles. The van der Waals surface area contributed by atoms with Crippen LogP contribution in [0.5, 0.6) is 5.75 Å². The number of benzene rings is 1. The van der Waals surface area contributed by atoms with Gasteiger partial charge in [-0.25, -0.2) is 0 Å². The van der Waals surface area contributed by atoms with Gasteiger partial charge < -0.3 is 15.4 Å². The lowest BCUT2D eigenvalue weighted by Gasteiger charge is -2.17. The minimum Gasteiger partial charge on any atom is -0.483 e. The first-order valence-corrected chi connectivity index (χ1v) is 8.14. The molecule has 1 unspecified atom stereocenters. The third kappa shape index (κ3) is 6.48. The highest BCUT2D eigenvalue weighted by Gasteiger charge is 2.12. The Morgan fingerprint density at radius 3 is 2.62 bits per heavy atom. The molecule has 0 spiro atoms. The number of ether oxygens (including phenoxy) is 1. The van der Waals surface area contributed by atoms with Gasteiger partial charge in [-0.15, -0.1) is 0 Å². The van der Waals surface area contributed by atoms with Gasteiger partial charge in [-0.1, -0.05) is 26.8 Å². The molecule has 0 aromatic heterocycles. The number of amides is 1. The first-order valence-electron chi connectivity index (χ1n) is 7.35. The zero-order chi connectivity index (χ0) is 15.8. The summed E-state index contributed by atoms with van der Waals surface area (Å²) < 4.78 is 6.42. The van der Waals surface area contributed by atoms with Crippen LogP contribution in [-0.4, -0.2) is 25.1 Å². The molecule has 0 aliphatic rings. The predicted molar refractivity (Wildman–Crippen MR) is 89.5 cm³/mol. The Kier molecular flexibility index (Phi) is 7.75. The Bertz CT molecular complexity index is 464. The summed E-state index contributed by atoms with van der Waals surface area (Å²) >= 11 is 3.48. The van der Waals surface area contributed by atoms with Crippen molar-refractivity contribution in [1.29, 1.82) is 0 Å². The average molecular weight is 357 g/mol. The second-order valence-electron chi connectivity index (χ2n) is 5.43. The molecule has 0 bridgehead atoms. The van der Waals surface area contributed by atoms with E-state index < -0.39 is 0 Å². The van der Waals surface area contributed by atoms with Gasteiger partial charge in [-0.2, -0.15) is 0 Å². The Labute approximate surface area is 135 Å². The van der Waals surface area contributed by atoms with Gasteiger partial charge in [-0.3, -0.25) is 4.79 Å². The number of carbonyl (C=O) groups is 1. The standard InChI is InChI=1S/C16H25BrN2O2/c1-5-18-9-13-6-7-15(14(17)8-13)21-10-16(20)19-12(4)11(2)3/h6-8,11-12,18H,5,9-10H2,1-4H3,(H,19,20). The summed E-state index contributed by atoms with van der Waals surface area (Å²) in [4.78, 5) is 11.8. The van der Waals surface area contributed by atoms with Crippen LogP contribution in [0.25, 0.3) is 0 Å². The van der Waals surface area contributed by atoms with E-state index in [0.29, 0.717) is 11.7 Å². The van der Waals surface area contributed by atoms with E-state index in [1.54, 1.807) is 0 Å². The molecular weight excluding hydrogens is 332 g/mol. The van der Waals surface area contributed by atoms with Crippen LogP contribution in [0.2, 0.25) is 0 Å². The normalized spacial score (nSPS) is 12.3. The topological polar surface area (TPSA) is 50.4 Å². The van der Waals surface area contributed by atoms with Gasteiger partial charge in [0, 0.05) is 12.6 Å². The van der Waals surface area contributed by atoms with Crippen LogP contribution in [0.3, 0.4) is 0 Å². The quantitative estimate of drug-likeness (QED) is 0.752. The minimum atomic E-state index is -0.0974. The molecule has 21 heavy (non-hydrogen) atoms. The molecule has 5 heteroatoms. The molecule has 1 amide bonds. The van der Waals surface area contributed by atoms with E-state index in [-0.39, 0.29) is 18.6 Å². The highest BCUT2D eigenvalue weighted by molar-refractivity contribution is 9.10. The molecular formula is C16H25BrN2O2. The Hall–Kier alpha value is -1.07. The van der Waals surface area contributed by atoms with Gasteiger partial charge in [0.15, 0.2) is 6.61 Å². The van der Waals surface area contributed by atoms with Crippen molar-refractivity contribution in [3.8, 4) is 5.75 Å². The third-order valence-electron chi connectivity index (χ3n) is 3.32. The minimum absolute atomic E-state index is 0.0300. The molecule has 1 atom stereocenters. The summed E-state index contributed by atoms with van der Waals surface area (Å²) in [6, 6.07) is 6.03. The van der Waals surface area contributed by atoms with Crippen molar-refractivity contribution in [3.63, 3.8) is 0 Å². The highest BCUT2D eigenvalue weighted by Crippen LogP contribution is 2.26. The van der Waals surface area contributed by atoms with Crippen LogP contribution in [0, 0.1) is 5.92 Å². The fourth-order valence-corrected chi connectivity index (χ4v) is 2.19. The number of halogens is 1. The number of rotatable bonds is 8. The Morgan fingerprint density at radius 1 is 1.33 bits per heavy atom. The van der Waals surface area contributed by atoms with Gasteiger partial charge in [0.2, 0.25) is 0 Å². The summed E-state index contributed by atoms with van der Waals surface area (Å²) in [6.45, 7) is 10.0. The van der Waals surface area contributed by atoms with Gasteiger partial charge in [0.25, 0.3) is 5.91 Å². The van der Waals surface area contributed by atoms with Gasteiger partial charge in [-0.05, 0) is 53.0 Å². The molecule has 0 radical (unpaired) electrons. The van der Waals surface area contributed by atoms with Gasteiger partial charge >= 0.3 is 0 Å². The summed E-state index contributed by atoms with van der Waals surface area (Å²) in [6.07, 6.45) is 0. The molecule has 0 heterocycles. The van der Waals surface area contributed by atoms with E-state index >= 15 is 0 Å². The molecule has 1 rings (SSSR count). The van der Waals surface area contributed by atoms with Crippen LogP contribution in [-0.2, 0) is 11.3 Å². The lowest BCUT2D eigenvalue weighted by Crippen LogP contribution is -2.38. The summed E-state index contributed by atoms with van der Waals surface area (Å²) in [5.41, 5.74) is 1.17. The monoisotopic (exact) mass is 356 g/mol. The van der Waals surface area contributed by atoms with Gasteiger partial charge in [0.05, 0.1) is 4.47 Å². The molecule has 1 aromatic rings. The highest BCUT2D eigenvalue weighted by atomic mass is 79.9. The van der Waals surface area contributed by atoms with Crippen molar-refractivity contribution in [1.82, 2.24) is 10.6 Å². The van der Waals surface area contributed by atoms with E-state index in [0.717, 1.165) is 17.6 Å². The maximum atomic E-state index is 11.8. The van der Waals surface area contributed by atoms with Gasteiger partial charge in [0.1, 0.15) is 5.75 Å². The van der Waals surface area contributed by atoms with E-state index in [4.69, 9.17) is 4.74 Å². The zero-order valence-electron chi connectivity index (χ0n) is 13.2. The van der Waals surface area contributed by atoms with E-state index in [1.165, 1.54) is 5.56 Å². The van der Waals surface area contributed by atoms with E-state index in [2.05, 4.69) is 47.3 Å². The Balaban J connectivity index is 2.50. The molecule has 2 N–H and O–H groups in total. The fraction of sp³-hybridized carbons (Fsp3) is 0.562. The van der Waals surface area contributed by atoms with Crippen molar-refractivity contribution < 1.29 is 9.53 Å². The molecule has 0 aliphatic heterocycles. The van der Waals surface area contributed by atoms with Crippen molar-refractivity contribution in [3.05, 3.63) is 28.2 Å². The van der Waals surface area contributed by atoms with Crippen LogP contribution in [0.15, 0.2) is 22.7 Å². The first kappa shape index (κ1) is 18.0. The average Bonchev–Trinajstić information content (AvgIpc) is 2.43.